The number of amides is 2. The van der Waals surface area contributed by atoms with Gasteiger partial charge in [0.05, 0.1) is 6.61 Å². The fourth-order valence-electron chi connectivity index (χ4n) is 1.93. The van der Waals surface area contributed by atoms with Crippen LogP contribution in [0.4, 0.5) is 10.5 Å². The SMILES string of the molecule is Cc1ccc(NC(=O)CN2CCCOC2=O)cc1C. The lowest BCUT2D eigenvalue weighted by atomic mass is 10.1. The third kappa shape index (κ3) is 3.47. The number of anilines is 1. The van der Waals surface area contributed by atoms with Gasteiger partial charge in [-0.25, -0.2) is 4.79 Å². The summed E-state index contributed by atoms with van der Waals surface area (Å²) in [6, 6.07) is 5.73. The largest absolute Gasteiger partial charge is 0.449 e. The maximum Gasteiger partial charge on any atom is 0.410 e. The van der Waals surface area contributed by atoms with E-state index < -0.39 is 6.09 Å². The van der Waals surface area contributed by atoms with E-state index >= 15 is 0 Å². The number of carbonyl (C=O) groups is 2. The van der Waals surface area contributed by atoms with Crippen LogP contribution >= 0.6 is 0 Å². The van der Waals surface area contributed by atoms with Crippen LogP contribution in [-0.2, 0) is 9.53 Å². The Morgan fingerprint density at radius 2 is 2.16 bits per heavy atom. The minimum absolute atomic E-state index is 0.0335. The summed E-state index contributed by atoms with van der Waals surface area (Å²) >= 11 is 0. The summed E-state index contributed by atoms with van der Waals surface area (Å²) in [6.07, 6.45) is 0.351. The van der Waals surface area contributed by atoms with Crippen molar-refractivity contribution in [3.63, 3.8) is 0 Å². The average Bonchev–Trinajstić information content (AvgIpc) is 2.37. The number of rotatable bonds is 3. The van der Waals surface area contributed by atoms with Crippen molar-refractivity contribution in [2.24, 2.45) is 0 Å². The number of nitrogens with one attached hydrogen (secondary N) is 1. The molecule has 1 aliphatic heterocycles. The molecule has 2 amide bonds. The third-order valence-corrected chi connectivity index (χ3v) is 3.18. The fourth-order valence-corrected chi connectivity index (χ4v) is 1.93. The Morgan fingerprint density at radius 3 is 2.84 bits per heavy atom. The molecular formula is C14H18N2O3. The van der Waals surface area contributed by atoms with E-state index in [0.717, 1.165) is 17.7 Å². The zero-order chi connectivity index (χ0) is 13.8. The van der Waals surface area contributed by atoms with Crippen LogP contribution in [0.25, 0.3) is 0 Å². The van der Waals surface area contributed by atoms with Crippen LogP contribution in [0.2, 0.25) is 0 Å². The number of ether oxygens (including phenoxy) is 1. The Morgan fingerprint density at radius 1 is 1.37 bits per heavy atom. The van der Waals surface area contributed by atoms with Gasteiger partial charge in [-0.15, -0.1) is 0 Å². The number of hydrogen-bond acceptors (Lipinski definition) is 3. The van der Waals surface area contributed by atoms with E-state index in [4.69, 9.17) is 4.74 Å². The van der Waals surface area contributed by atoms with Crippen molar-refractivity contribution in [2.45, 2.75) is 20.3 Å². The molecule has 0 bridgehead atoms. The average molecular weight is 262 g/mol. The molecule has 0 aliphatic carbocycles. The number of benzene rings is 1. The summed E-state index contributed by atoms with van der Waals surface area (Å²) in [5.41, 5.74) is 3.05. The van der Waals surface area contributed by atoms with Crippen molar-refractivity contribution >= 4 is 17.7 Å². The zero-order valence-corrected chi connectivity index (χ0v) is 11.2. The van der Waals surface area contributed by atoms with E-state index in [1.165, 1.54) is 10.5 Å². The van der Waals surface area contributed by atoms with Gasteiger partial charge in [0.25, 0.3) is 0 Å². The number of cyclic esters (lactones) is 1. The highest BCUT2D eigenvalue weighted by Gasteiger charge is 2.21. The number of aryl methyl sites for hydroxylation is 2. The molecule has 1 aromatic carbocycles. The van der Waals surface area contributed by atoms with Crippen LogP contribution in [0.1, 0.15) is 17.5 Å². The first-order chi connectivity index (χ1) is 9.06. The Balaban J connectivity index is 1.93. The van der Waals surface area contributed by atoms with Gasteiger partial charge >= 0.3 is 6.09 Å². The molecule has 5 nitrogen and oxygen atoms in total. The second-order valence-electron chi connectivity index (χ2n) is 4.74. The van der Waals surface area contributed by atoms with Crippen molar-refractivity contribution in [1.29, 1.82) is 0 Å². The molecule has 19 heavy (non-hydrogen) atoms. The van der Waals surface area contributed by atoms with Crippen molar-refractivity contribution in [2.75, 3.05) is 25.0 Å². The van der Waals surface area contributed by atoms with Crippen molar-refractivity contribution in [3.05, 3.63) is 29.3 Å². The van der Waals surface area contributed by atoms with E-state index in [2.05, 4.69) is 5.32 Å². The van der Waals surface area contributed by atoms with Crippen LogP contribution in [0.5, 0.6) is 0 Å². The van der Waals surface area contributed by atoms with Gasteiger partial charge in [0.1, 0.15) is 6.54 Å². The van der Waals surface area contributed by atoms with Crippen LogP contribution < -0.4 is 5.32 Å². The maximum absolute atomic E-state index is 11.9. The normalized spacial score (nSPS) is 15.1. The molecule has 0 radical (unpaired) electrons. The molecule has 0 aromatic heterocycles. The topological polar surface area (TPSA) is 58.6 Å². The summed E-state index contributed by atoms with van der Waals surface area (Å²) < 4.78 is 4.88. The molecule has 1 aromatic rings. The van der Waals surface area contributed by atoms with Gasteiger partial charge in [0.2, 0.25) is 5.91 Å². The van der Waals surface area contributed by atoms with E-state index in [0.29, 0.717) is 13.2 Å². The molecule has 1 N–H and O–H groups in total. The Kier molecular flexibility index (Phi) is 4.04. The highest BCUT2D eigenvalue weighted by molar-refractivity contribution is 5.94. The van der Waals surface area contributed by atoms with Crippen LogP contribution in [0, 0.1) is 13.8 Å². The van der Waals surface area contributed by atoms with E-state index in [-0.39, 0.29) is 12.5 Å². The molecule has 5 heteroatoms. The molecule has 0 spiro atoms. The van der Waals surface area contributed by atoms with Gasteiger partial charge < -0.3 is 10.1 Å². The molecule has 0 saturated carbocycles. The summed E-state index contributed by atoms with van der Waals surface area (Å²) in [5.74, 6) is -0.206. The first-order valence-electron chi connectivity index (χ1n) is 6.35. The predicted molar refractivity (Wildman–Crippen MR) is 72.1 cm³/mol. The Bertz CT molecular complexity index is 499. The molecule has 102 valence electrons. The molecule has 0 unspecified atom stereocenters. The van der Waals surface area contributed by atoms with E-state index in [1.54, 1.807) is 0 Å². The molecule has 1 fully saturated rings. The number of hydrogen-bond donors (Lipinski definition) is 1. The van der Waals surface area contributed by atoms with Crippen LogP contribution in [0.3, 0.4) is 0 Å². The van der Waals surface area contributed by atoms with Crippen molar-refractivity contribution < 1.29 is 14.3 Å². The molecule has 1 heterocycles. The summed E-state index contributed by atoms with van der Waals surface area (Å²) in [4.78, 5) is 24.7. The standard InChI is InChI=1S/C14H18N2O3/c1-10-4-5-12(8-11(10)2)15-13(17)9-16-6-3-7-19-14(16)18/h4-5,8H,3,6-7,9H2,1-2H3,(H,15,17). The van der Waals surface area contributed by atoms with Gasteiger partial charge in [0.15, 0.2) is 0 Å². The minimum Gasteiger partial charge on any atom is -0.449 e. The highest BCUT2D eigenvalue weighted by atomic mass is 16.6. The molecule has 2 rings (SSSR count). The summed E-state index contributed by atoms with van der Waals surface area (Å²) in [5, 5.41) is 2.79. The predicted octanol–water partition coefficient (Wildman–Crippen LogP) is 2.08. The second-order valence-corrected chi connectivity index (χ2v) is 4.74. The van der Waals surface area contributed by atoms with Crippen molar-refractivity contribution in [3.8, 4) is 0 Å². The maximum atomic E-state index is 11.9. The first-order valence-corrected chi connectivity index (χ1v) is 6.35. The lowest BCUT2D eigenvalue weighted by Gasteiger charge is -2.25. The molecule has 1 aliphatic rings. The van der Waals surface area contributed by atoms with Crippen molar-refractivity contribution in [1.82, 2.24) is 4.90 Å². The lowest BCUT2D eigenvalue weighted by Crippen LogP contribution is -2.42. The van der Waals surface area contributed by atoms with Gasteiger partial charge in [-0.3, -0.25) is 9.69 Å². The van der Waals surface area contributed by atoms with Crippen LogP contribution in [-0.4, -0.2) is 36.6 Å². The summed E-state index contributed by atoms with van der Waals surface area (Å²) in [6.45, 7) is 5.05. The first kappa shape index (κ1) is 13.4. The lowest BCUT2D eigenvalue weighted by molar-refractivity contribution is -0.117. The Hall–Kier alpha value is -2.04. The number of carbonyl (C=O) groups excluding carboxylic acids is 2. The monoisotopic (exact) mass is 262 g/mol. The molecule has 1 saturated heterocycles. The van der Waals surface area contributed by atoms with Gasteiger partial charge in [-0.05, 0) is 43.5 Å². The molecular weight excluding hydrogens is 244 g/mol. The van der Waals surface area contributed by atoms with Gasteiger partial charge in [-0.1, -0.05) is 6.07 Å². The summed E-state index contributed by atoms with van der Waals surface area (Å²) in [7, 11) is 0. The smallest absolute Gasteiger partial charge is 0.410 e. The minimum atomic E-state index is -0.415. The highest BCUT2D eigenvalue weighted by Crippen LogP contribution is 2.14. The zero-order valence-electron chi connectivity index (χ0n) is 11.2. The Labute approximate surface area is 112 Å². The number of nitrogens with zero attached hydrogens (tertiary/aromatic N) is 1. The fraction of sp³-hybridized carbons (Fsp3) is 0.429. The quantitative estimate of drug-likeness (QED) is 0.907. The van der Waals surface area contributed by atoms with Gasteiger partial charge in [0, 0.05) is 12.2 Å². The van der Waals surface area contributed by atoms with E-state index in [9.17, 15) is 9.59 Å². The van der Waals surface area contributed by atoms with Gasteiger partial charge in [-0.2, -0.15) is 0 Å². The molecule has 0 atom stereocenters. The van der Waals surface area contributed by atoms with E-state index in [1.807, 2.05) is 32.0 Å². The van der Waals surface area contributed by atoms with Crippen LogP contribution in [0.15, 0.2) is 18.2 Å². The second kappa shape index (κ2) is 5.73. The third-order valence-electron chi connectivity index (χ3n) is 3.18.